The summed E-state index contributed by atoms with van der Waals surface area (Å²) in [5.41, 5.74) is 14.1. The normalized spacial score (nSPS) is 20.2. The molecule has 0 saturated heterocycles. The molecule has 3 nitrogen and oxygen atoms in total. The van der Waals surface area contributed by atoms with Crippen molar-refractivity contribution in [3.05, 3.63) is 34.9 Å². The average molecular weight is 190 g/mol. The molecule has 1 atom stereocenters. The molecule has 0 heterocycles. The number of nitrogens with two attached hydrogens (primary N) is 2. The van der Waals surface area contributed by atoms with Gasteiger partial charge in [-0.25, -0.2) is 0 Å². The van der Waals surface area contributed by atoms with Crippen molar-refractivity contribution in [3.8, 4) is 0 Å². The predicted molar refractivity (Wildman–Crippen MR) is 55.0 cm³/mol. The van der Waals surface area contributed by atoms with Gasteiger partial charge in [0.1, 0.15) is 0 Å². The van der Waals surface area contributed by atoms with Crippen molar-refractivity contribution >= 4 is 5.91 Å². The Balaban J connectivity index is 2.36. The number of benzene rings is 1. The fraction of sp³-hybridized carbons (Fsp3) is 0.364. The highest BCUT2D eigenvalue weighted by atomic mass is 16.1. The highest BCUT2D eigenvalue weighted by Gasteiger charge is 2.16. The Hall–Kier alpha value is -1.35. The van der Waals surface area contributed by atoms with Gasteiger partial charge in [0.15, 0.2) is 0 Å². The minimum Gasteiger partial charge on any atom is -0.366 e. The van der Waals surface area contributed by atoms with Gasteiger partial charge in [-0.05, 0) is 42.5 Å². The van der Waals surface area contributed by atoms with E-state index in [0.717, 1.165) is 19.3 Å². The molecule has 0 saturated carbocycles. The van der Waals surface area contributed by atoms with Crippen molar-refractivity contribution in [3.63, 3.8) is 0 Å². The van der Waals surface area contributed by atoms with Crippen LogP contribution in [0.15, 0.2) is 18.2 Å². The Bertz CT molecular complexity index is 374. The largest absolute Gasteiger partial charge is 0.366 e. The Labute approximate surface area is 83.1 Å². The van der Waals surface area contributed by atoms with E-state index in [4.69, 9.17) is 11.5 Å². The number of fused-ring (bicyclic) bond motifs is 1. The van der Waals surface area contributed by atoms with E-state index < -0.39 is 0 Å². The molecule has 2 rings (SSSR count). The molecule has 0 aromatic heterocycles. The van der Waals surface area contributed by atoms with E-state index in [1.165, 1.54) is 11.1 Å². The van der Waals surface area contributed by atoms with Gasteiger partial charge in [0.25, 0.3) is 0 Å². The Morgan fingerprint density at radius 2 is 2.14 bits per heavy atom. The number of hydrogen-bond acceptors (Lipinski definition) is 2. The second-order valence-corrected chi connectivity index (χ2v) is 3.85. The monoisotopic (exact) mass is 190 g/mol. The fourth-order valence-corrected chi connectivity index (χ4v) is 1.94. The molecule has 0 radical (unpaired) electrons. The van der Waals surface area contributed by atoms with Crippen LogP contribution in [0.2, 0.25) is 0 Å². The summed E-state index contributed by atoms with van der Waals surface area (Å²) in [7, 11) is 0. The molecule has 0 bridgehead atoms. The van der Waals surface area contributed by atoms with Gasteiger partial charge in [-0.2, -0.15) is 0 Å². The number of primary amides is 1. The van der Waals surface area contributed by atoms with E-state index in [0.29, 0.717) is 5.56 Å². The van der Waals surface area contributed by atoms with Crippen LogP contribution in [0.3, 0.4) is 0 Å². The van der Waals surface area contributed by atoms with Gasteiger partial charge in [-0.3, -0.25) is 4.79 Å². The van der Waals surface area contributed by atoms with Crippen LogP contribution in [0.1, 0.15) is 27.9 Å². The number of hydrogen-bond donors (Lipinski definition) is 2. The maximum Gasteiger partial charge on any atom is 0.248 e. The highest BCUT2D eigenvalue weighted by Crippen LogP contribution is 2.21. The first-order valence-electron chi connectivity index (χ1n) is 4.84. The molecule has 1 aromatic carbocycles. The second-order valence-electron chi connectivity index (χ2n) is 3.85. The Morgan fingerprint density at radius 1 is 1.36 bits per heavy atom. The average Bonchev–Trinajstić information content (AvgIpc) is 2.16. The molecule has 0 unspecified atom stereocenters. The number of carbonyl (C=O) groups is 1. The summed E-state index contributed by atoms with van der Waals surface area (Å²) in [5, 5.41) is 0. The third kappa shape index (κ3) is 1.63. The standard InChI is InChI=1S/C11H14N2O/c12-10-4-3-7-5-9(11(13)14)2-1-8(7)6-10/h1-2,5,10H,3-4,6,12H2,(H2,13,14)/t10-/m0/s1. The molecule has 1 aliphatic rings. The number of aryl methyl sites for hydroxylation is 1. The summed E-state index contributed by atoms with van der Waals surface area (Å²) in [5.74, 6) is -0.359. The SMILES string of the molecule is NC(=O)c1ccc2c(c1)CC[C@H](N)C2. The summed E-state index contributed by atoms with van der Waals surface area (Å²) in [6.07, 6.45) is 2.86. The number of carbonyl (C=O) groups excluding carboxylic acids is 1. The zero-order valence-corrected chi connectivity index (χ0v) is 7.99. The molecule has 1 amide bonds. The molecule has 14 heavy (non-hydrogen) atoms. The topological polar surface area (TPSA) is 69.1 Å². The second kappa shape index (κ2) is 3.42. The summed E-state index contributed by atoms with van der Waals surface area (Å²) < 4.78 is 0. The van der Waals surface area contributed by atoms with Crippen molar-refractivity contribution in [1.29, 1.82) is 0 Å². The van der Waals surface area contributed by atoms with Gasteiger partial charge in [0.05, 0.1) is 0 Å². The predicted octanol–water partition coefficient (Wildman–Crippen LogP) is 0.602. The Kier molecular flexibility index (Phi) is 2.25. The quantitative estimate of drug-likeness (QED) is 0.681. The molecule has 0 spiro atoms. The summed E-state index contributed by atoms with van der Waals surface area (Å²) in [4.78, 5) is 10.9. The lowest BCUT2D eigenvalue weighted by atomic mass is 9.87. The fourth-order valence-electron chi connectivity index (χ4n) is 1.94. The maximum absolute atomic E-state index is 10.9. The van der Waals surface area contributed by atoms with Crippen LogP contribution in [-0.4, -0.2) is 11.9 Å². The van der Waals surface area contributed by atoms with Crippen LogP contribution in [-0.2, 0) is 12.8 Å². The van der Waals surface area contributed by atoms with E-state index in [1.54, 1.807) is 6.07 Å². The Morgan fingerprint density at radius 3 is 2.86 bits per heavy atom. The molecule has 74 valence electrons. The summed E-state index contributed by atoms with van der Waals surface area (Å²) in [6, 6.07) is 5.90. The van der Waals surface area contributed by atoms with Crippen molar-refractivity contribution in [2.45, 2.75) is 25.3 Å². The van der Waals surface area contributed by atoms with Crippen molar-refractivity contribution in [2.75, 3.05) is 0 Å². The number of rotatable bonds is 1. The molecular formula is C11H14N2O. The lowest BCUT2D eigenvalue weighted by Crippen LogP contribution is -2.28. The van der Waals surface area contributed by atoms with E-state index in [-0.39, 0.29) is 11.9 Å². The van der Waals surface area contributed by atoms with Gasteiger partial charge in [0, 0.05) is 11.6 Å². The van der Waals surface area contributed by atoms with Gasteiger partial charge >= 0.3 is 0 Å². The summed E-state index contributed by atoms with van der Waals surface area (Å²) >= 11 is 0. The van der Waals surface area contributed by atoms with Gasteiger partial charge in [-0.1, -0.05) is 6.07 Å². The van der Waals surface area contributed by atoms with E-state index in [2.05, 4.69) is 0 Å². The molecule has 3 heteroatoms. The van der Waals surface area contributed by atoms with Crippen molar-refractivity contribution in [2.24, 2.45) is 11.5 Å². The van der Waals surface area contributed by atoms with Crippen LogP contribution in [0.25, 0.3) is 0 Å². The zero-order valence-electron chi connectivity index (χ0n) is 7.99. The van der Waals surface area contributed by atoms with Crippen LogP contribution in [0, 0.1) is 0 Å². The van der Waals surface area contributed by atoms with Crippen LogP contribution < -0.4 is 11.5 Å². The summed E-state index contributed by atoms with van der Waals surface area (Å²) in [6.45, 7) is 0. The lowest BCUT2D eigenvalue weighted by Gasteiger charge is -2.21. The molecule has 1 aromatic rings. The zero-order chi connectivity index (χ0) is 10.1. The molecule has 4 N–H and O–H groups in total. The molecule has 0 aliphatic heterocycles. The smallest absolute Gasteiger partial charge is 0.248 e. The third-order valence-corrected chi connectivity index (χ3v) is 2.76. The first-order chi connectivity index (χ1) is 6.66. The molecule has 1 aliphatic carbocycles. The van der Waals surface area contributed by atoms with E-state index in [9.17, 15) is 4.79 Å². The lowest BCUT2D eigenvalue weighted by molar-refractivity contribution is 0.1000. The van der Waals surface area contributed by atoms with Crippen LogP contribution in [0.5, 0.6) is 0 Å². The van der Waals surface area contributed by atoms with Crippen molar-refractivity contribution in [1.82, 2.24) is 0 Å². The van der Waals surface area contributed by atoms with Gasteiger partial charge < -0.3 is 11.5 Å². The third-order valence-electron chi connectivity index (χ3n) is 2.76. The molecular weight excluding hydrogens is 176 g/mol. The van der Waals surface area contributed by atoms with E-state index >= 15 is 0 Å². The minimum absolute atomic E-state index is 0.266. The van der Waals surface area contributed by atoms with Crippen LogP contribution in [0.4, 0.5) is 0 Å². The van der Waals surface area contributed by atoms with Gasteiger partial charge in [-0.15, -0.1) is 0 Å². The first-order valence-corrected chi connectivity index (χ1v) is 4.84. The van der Waals surface area contributed by atoms with Gasteiger partial charge in [0.2, 0.25) is 5.91 Å². The van der Waals surface area contributed by atoms with E-state index in [1.807, 2.05) is 12.1 Å². The first kappa shape index (κ1) is 9.21. The maximum atomic E-state index is 10.9. The highest BCUT2D eigenvalue weighted by molar-refractivity contribution is 5.93. The minimum atomic E-state index is -0.359. The van der Waals surface area contributed by atoms with Crippen molar-refractivity contribution < 1.29 is 4.79 Å². The molecule has 0 fully saturated rings. The number of amides is 1. The van der Waals surface area contributed by atoms with Crippen LogP contribution >= 0.6 is 0 Å².